The van der Waals surface area contributed by atoms with Crippen molar-refractivity contribution < 1.29 is 4.90 Å². The standard InChI is InChI=1S/C33H31N5/c1-25-28(23-27-13-6-3-7-14-27)33(38-31-17-9-8-16-30(31)35-32(38)29(25)24-34)37-21-19-36(20-22-37)18-10-15-26-11-4-2-5-12-26/h2-17H,18-23H2,1H3/p+1/b15-10+. The molecule has 2 aromatic heterocycles. The normalized spacial score (nSPS) is 14.5. The zero-order valence-electron chi connectivity index (χ0n) is 21.8. The minimum absolute atomic E-state index is 0.672. The third kappa shape index (κ3) is 4.55. The summed E-state index contributed by atoms with van der Waals surface area (Å²) in [7, 11) is 0. The summed E-state index contributed by atoms with van der Waals surface area (Å²) in [5, 5.41) is 10.2. The van der Waals surface area contributed by atoms with Crippen molar-refractivity contribution in [3.8, 4) is 6.07 Å². The van der Waals surface area contributed by atoms with Gasteiger partial charge in [0.2, 0.25) is 0 Å². The molecule has 3 heterocycles. The molecule has 5 heteroatoms. The maximum absolute atomic E-state index is 10.2. The molecule has 0 bridgehead atoms. The number of rotatable bonds is 6. The summed E-state index contributed by atoms with van der Waals surface area (Å²) in [4.78, 5) is 9.05. The number of nitriles is 1. The van der Waals surface area contributed by atoms with E-state index in [1.165, 1.54) is 22.5 Å². The van der Waals surface area contributed by atoms with Gasteiger partial charge in [0.1, 0.15) is 11.9 Å². The van der Waals surface area contributed by atoms with Crippen molar-refractivity contribution in [1.82, 2.24) is 9.38 Å². The number of quaternary nitrogens is 1. The lowest BCUT2D eigenvalue weighted by atomic mass is 9.97. The quantitative estimate of drug-likeness (QED) is 0.370. The van der Waals surface area contributed by atoms with E-state index in [1.807, 2.05) is 12.1 Å². The Labute approximate surface area is 223 Å². The third-order valence-electron chi connectivity index (χ3n) is 7.72. The zero-order valence-corrected chi connectivity index (χ0v) is 21.8. The topological polar surface area (TPSA) is 48.8 Å². The monoisotopic (exact) mass is 498 g/mol. The van der Waals surface area contributed by atoms with E-state index in [1.54, 1.807) is 4.90 Å². The van der Waals surface area contributed by atoms with Crippen LogP contribution in [-0.4, -0.2) is 42.1 Å². The van der Waals surface area contributed by atoms with Crippen molar-refractivity contribution in [3.63, 3.8) is 0 Å². The summed E-state index contributed by atoms with van der Waals surface area (Å²) < 4.78 is 2.25. The first-order chi connectivity index (χ1) is 18.7. The summed E-state index contributed by atoms with van der Waals surface area (Å²) in [6, 6.07) is 31.8. The molecule has 6 rings (SSSR count). The number of hydrogen-bond donors (Lipinski definition) is 1. The number of nitrogens with zero attached hydrogens (tertiary/aromatic N) is 4. The first-order valence-electron chi connectivity index (χ1n) is 13.4. The van der Waals surface area contributed by atoms with E-state index >= 15 is 0 Å². The Morgan fingerprint density at radius 2 is 1.61 bits per heavy atom. The summed E-state index contributed by atoms with van der Waals surface area (Å²) in [6.07, 6.45) is 5.31. The number of nitrogens with one attached hydrogen (secondary N) is 1. The van der Waals surface area contributed by atoms with Gasteiger partial charge >= 0.3 is 0 Å². The molecule has 38 heavy (non-hydrogen) atoms. The van der Waals surface area contributed by atoms with Gasteiger partial charge in [-0.3, -0.25) is 4.40 Å². The molecule has 5 nitrogen and oxygen atoms in total. The van der Waals surface area contributed by atoms with Gasteiger partial charge < -0.3 is 9.80 Å². The Balaban J connectivity index is 1.37. The Morgan fingerprint density at radius 3 is 2.34 bits per heavy atom. The van der Waals surface area contributed by atoms with Crippen LogP contribution in [0.3, 0.4) is 0 Å². The van der Waals surface area contributed by atoms with Gasteiger partial charge in [0.05, 0.1) is 49.3 Å². The Kier molecular flexibility index (Phi) is 6.64. The van der Waals surface area contributed by atoms with Gasteiger partial charge in [0, 0.05) is 12.0 Å². The molecule has 1 aliphatic rings. The van der Waals surface area contributed by atoms with Crippen molar-refractivity contribution in [3.05, 3.63) is 119 Å². The first kappa shape index (κ1) is 24.0. The van der Waals surface area contributed by atoms with Crippen LogP contribution in [0.25, 0.3) is 22.8 Å². The molecule has 0 spiro atoms. The van der Waals surface area contributed by atoms with E-state index in [2.05, 4.69) is 107 Å². The summed E-state index contributed by atoms with van der Waals surface area (Å²) in [6.45, 7) is 7.17. The van der Waals surface area contributed by atoms with E-state index in [9.17, 15) is 5.26 Å². The predicted octanol–water partition coefficient (Wildman–Crippen LogP) is 4.68. The average Bonchev–Trinajstić information content (AvgIpc) is 3.34. The predicted molar refractivity (Wildman–Crippen MR) is 155 cm³/mol. The molecule has 3 aromatic carbocycles. The van der Waals surface area contributed by atoms with Gasteiger partial charge in [-0.15, -0.1) is 0 Å². The van der Waals surface area contributed by atoms with E-state index < -0.39 is 0 Å². The highest BCUT2D eigenvalue weighted by Crippen LogP contribution is 2.34. The van der Waals surface area contributed by atoms with Crippen molar-refractivity contribution >= 4 is 28.6 Å². The molecule has 1 aliphatic heterocycles. The molecule has 0 radical (unpaired) electrons. The lowest BCUT2D eigenvalue weighted by Crippen LogP contribution is -3.14. The average molecular weight is 499 g/mol. The Bertz CT molecular complexity index is 1640. The molecule has 1 N–H and O–H groups in total. The van der Waals surface area contributed by atoms with Crippen LogP contribution in [0.5, 0.6) is 0 Å². The van der Waals surface area contributed by atoms with Crippen LogP contribution in [0, 0.1) is 18.3 Å². The fourth-order valence-electron chi connectivity index (χ4n) is 5.67. The lowest BCUT2D eigenvalue weighted by Gasteiger charge is -2.35. The number of aromatic nitrogens is 2. The molecule has 5 aromatic rings. The van der Waals surface area contributed by atoms with Crippen LogP contribution < -0.4 is 9.80 Å². The van der Waals surface area contributed by atoms with Gasteiger partial charge in [-0.05, 0) is 41.8 Å². The van der Waals surface area contributed by atoms with E-state index in [4.69, 9.17) is 4.98 Å². The Morgan fingerprint density at radius 1 is 0.921 bits per heavy atom. The van der Waals surface area contributed by atoms with Crippen LogP contribution in [0.2, 0.25) is 0 Å². The largest absolute Gasteiger partial charge is 0.346 e. The highest BCUT2D eigenvalue weighted by atomic mass is 15.3. The molecule has 1 fully saturated rings. The van der Waals surface area contributed by atoms with Gasteiger partial charge in [0.25, 0.3) is 0 Å². The third-order valence-corrected chi connectivity index (χ3v) is 7.72. The van der Waals surface area contributed by atoms with Crippen molar-refractivity contribution in [2.45, 2.75) is 13.3 Å². The van der Waals surface area contributed by atoms with Gasteiger partial charge in [-0.1, -0.05) is 78.9 Å². The minimum atomic E-state index is 0.672. The molecule has 0 amide bonds. The summed E-state index contributed by atoms with van der Waals surface area (Å²) in [5.74, 6) is 1.19. The lowest BCUT2D eigenvalue weighted by molar-refractivity contribution is -0.894. The molecule has 0 saturated carbocycles. The fourth-order valence-corrected chi connectivity index (χ4v) is 5.67. The second kappa shape index (κ2) is 10.5. The van der Waals surface area contributed by atoms with E-state index in [0.29, 0.717) is 5.56 Å². The summed E-state index contributed by atoms with van der Waals surface area (Å²) >= 11 is 0. The number of imidazole rings is 1. The van der Waals surface area contributed by atoms with Crippen LogP contribution in [0.4, 0.5) is 5.82 Å². The van der Waals surface area contributed by atoms with Crippen molar-refractivity contribution in [2.75, 3.05) is 37.6 Å². The number of fused-ring (bicyclic) bond motifs is 3. The van der Waals surface area contributed by atoms with Gasteiger partial charge in [-0.2, -0.15) is 5.26 Å². The maximum atomic E-state index is 10.2. The number of para-hydroxylation sites is 2. The van der Waals surface area contributed by atoms with E-state index in [0.717, 1.165) is 61.4 Å². The maximum Gasteiger partial charge on any atom is 0.157 e. The van der Waals surface area contributed by atoms with Crippen molar-refractivity contribution in [2.24, 2.45) is 0 Å². The van der Waals surface area contributed by atoms with Crippen molar-refractivity contribution in [1.29, 1.82) is 5.26 Å². The fraction of sp³-hybridized carbons (Fsp3) is 0.212. The summed E-state index contributed by atoms with van der Waals surface area (Å²) in [5.41, 5.74) is 8.18. The number of piperazine rings is 1. The zero-order chi connectivity index (χ0) is 25.9. The van der Waals surface area contributed by atoms with Crippen LogP contribution >= 0.6 is 0 Å². The number of benzene rings is 3. The molecular formula is C33H32N5+. The van der Waals surface area contributed by atoms with Crippen LogP contribution in [0.15, 0.2) is 91.0 Å². The number of anilines is 1. The Hall–Kier alpha value is -4.40. The van der Waals surface area contributed by atoms with Crippen LogP contribution in [-0.2, 0) is 6.42 Å². The number of hydrogen-bond acceptors (Lipinski definition) is 3. The molecule has 1 saturated heterocycles. The highest BCUT2D eigenvalue weighted by Gasteiger charge is 2.28. The van der Waals surface area contributed by atoms with Gasteiger partial charge in [-0.25, -0.2) is 4.98 Å². The molecule has 0 unspecified atom stereocenters. The first-order valence-corrected chi connectivity index (χ1v) is 13.4. The smallest absolute Gasteiger partial charge is 0.157 e. The van der Waals surface area contributed by atoms with E-state index in [-0.39, 0.29) is 0 Å². The highest BCUT2D eigenvalue weighted by molar-refractivity contribution is 5.86. The molecular weight excluding hydrogens is 466 g/mol. The second-order valence-electron chi connectivity index (χ2n) is 10.1. The molecule has 0 aliphatic carbocycles. The molecule has 0 atom stereocenters. The second-order valence-corrected chi connectivity index (χ2v) is 10.1. The molecule has 188 valence electrons. The minimum Gasteiger partial charge on any atom is -0.346 e. The van der Waals surface area contributed by atoms with Crippen LogP contribution in [0.1, 0.15) is 27.8 Å². The SMILES string of the molecule is Cc1c(Cc2ccccc2)c(N2CC[NH+](C/C=C/c3ccccc3)CC2)n2c(nc3ccccc32)c1C#N. The van der Waals surface area contributed by atoms with Gasteiger partial charge in [0.15, 0.2) is 5.65 Å². The number of pyridine rings is 1.